The molecule has 0 atom stereocenters. The van der Waals surface area contributed by atoms with Crippen LogP contribution in [0.5, 0.6) is 0 Å². The maximum absolute atomic E-state index is 11.8. The summed E-state index contributed by atoms with van der Waals surface area (Å²) < 4.78 is 0. The van der Waals surface area contributed by atoms with E-state index in [4.69, 9.17) is 0 Å². The molecule has 1 aromatic heterocycles. The van der Waals surface area contributed by atoms with Crippen molar-refractivity contribution >= 4 is 5.78 Å². The van der Waals surface area contributed by atoms with Gasteiger partial charge in [-0.3, -0.25) is 9.78 Å². The molecule has 4 heteroatoms. The van der Waals surface area contributed by atoms with Crippen LogP contribution in [0.1, 0.15) is 23.3 Å². The van der Waals surface area contributed by atoms with Crippen molar-refractivity contribution in [2.24, 2.45) is 0 Å². The number of carbonyl (C=O) groups is 1. The Kier molecular flexibility index (Phi) is 4.64. The number of nitrogens with zero attached hydrogens (tertiary/aromatic N) is 2. The van der Waals surface area contributed by atoms with Crippen LogP contribution in [0.4, 0.5) is 0 Å². The lowest BCUT2D eigenvalue weighted by Gasteiger charge is -2.26. The van der Waals surface area contributed by atoms with Gasteiger partial charge >= 0.3 is 0 Å². The molecule has 1 N–H and O–H groups in total. The van der Waals surface area contributed by atoms with Gasteiger partial charge < -0.3 is 10.2 Å². The molecule has 1 aromatic rings. The van der Waals surface area contributed by atoms with Crippen molar-refractivity contribution in [3.8, 4) is 0 Å². The second-order valence-electron chi connectivity index (χ2n) is 4.33. The molecular weight excluding hydrogens is 214 g/mol. The zero-order chi connectivity index (χ0) is 11.9. The fraction of sp³-hybridized carbons (Fsp3) is 0.538. The van der Waals surface area contributed by atoms with Crippen molar-refractivity contribution in [1.82, 2.24) is 15.2 Å². The van der Waals surface area contributed by atoms with Crippen molar-refractivity contribution in [1.29, 1.82) is 0 Å². The standard InChI is InChI=1S/C13H19N3O/c17-13(12-4-1-2-6-15-12)5-3-9-16-10-7-14-8-11-16/h1-2,4,6,14H,3,5,7-11H2. The van der Waals surface area contributed by atoms with Crippen molar-refractivity contribution in [2.45, 2.75) is 12.8 Å². The molecule has 4 nitrogen and oxygen atoms in total. The molecule has 0 radical (unpaired) electrons. The lowest BCUT2D eigenvalue weighted by Crippen LogP contribution is -2.43. The maximum atomic E-state index is 11.8. The van der Waals surface area contributed by atoms with Gasteiger partial charge in [0.15, 0.2) is 5.78 Å². The Bertz CT molecular complexity index is 347. The highest BCUT2D eigenvalue weighted by molar-refractivity contribution is 5.94. The number of piperazine rings is 1. The van der Waals surface area contributed by atoms with Gasteiger partial charge in [-0.1, -0.05) is 6.07 Å². The number of aromatic nitrogens is 1. The molecule has 0 saturated carbocycles. The highest BCUT2D eigenvalue weighted by atomic mass is 16.1. The molecule has 1 aliphatic rings. The van der Waals surface area contributed by atoms with E-state index in [0.717, 1.165) is 39.1 Å². The molecule has 0 unspecified atom stereocenters. The predicted octanol–water partition coefficient (Wildman–Crippen LogP) is 0.950. The van der Waals surface area contributed by atoms with Crippen LogP contribution in [0, 0.1) is 0 Å². The van der Waals surface area contributed by atoms with Crippen LogP contribution in [0.3, 0.4) is 0 Å². The van der Waals surface area contributed by atoms with Crippen molar-refractivity contribution in [2.75, 3.05) is 32.7 Å². The van der Waals surface area contributed by atoms with Crippen LogP contribution in [0.25, 0.3) is 0 Å². The number of pyridine rings is 1. The summed E-state index contributed by atoms with van der Waals surface area (Å²) in [5.41, 5.74) is 0.591. The second-order valence-corrected chi connectivity index (χ2v) is 4.33. The Labute approximate surface area is 102 Å². The topological polar surface area (TPSA) is 45.2 Å². The molecule has 0 aromatic carbocycles. The number of Topliss-reactive ketones (excluding diaryl/α,β-unsaturated/α-hetero) is 1. The summed E-state index contributed by atoms with van der Waals surface area (Å²) in [4.78, 5) is 18.3. The Morgan fingerprint density at radius 1 is 1.35 bits per heavy atom. The summed E-state index contributed by atoms with van der Waals surface area (Å²) in [5, 5.41) is 3.32. The molecule has 0 bridgehead atoms. The van der Waals surface area contributed by atoms with Gasteiger partial charge in [-0.15, -0.1) is 0 Å². The van der Waals surface area contributed by atoms with E-state index in [1.807, 2.05) is 12.1 Å². The molecule has 17 heavy (non-hydrogen) atoms. The molecule has 1 fully saturated rings. The summed E-state index contributed by atoms with van der Waals surface area (Å²) in [7, 11) is 0. The third-order valence-corrected chi connectivity index (χ3v) is 3.04. The molecule has 2 rings (SSSR count). The molecule has 1 saturated heterocycles. The van der Waals surface area contributed by atoms with E-state index in [2.05, 4.69) is 15.2 Å². The lowest BCUT2D eigenvalue weighted by atomic mass is 10.1. The van der Waals surface area contributed by atoms with Crippen molar-refractivity contribution in [3.05, 3.63) is 30.1 Å². The Morgan fingerprint density at radius 2 is 2.18 bits per heavy atom. The molecule has 0 amide bonds. The van der Waals surface area contributed by atoms with Gasteiger partial charge in [-0.2, -0.15) is 0 Å². The average Bonchev–Trinajstić information content (AvgIpc) is 2.41. The van der Waals surface area contributed by atoms with E-state index in [1.54, 1.807) is 12.3 Å². The van der Waals surface area contributed by atoms with Crippen molar-refractivity contribution < 1.29 is 4.79 Å². The van der Waals surface area contributed by atoms with E-state index in [0.29, 0.717) is 12.1 Å². The van der Waals surface area contributed by atoms with Crippen LogP contribution < -0.4 is 5.32 Å². The van der Waals surface area contributed by atoms with E-state index in [1.165, 1.54) is 0 Å². The minimum absolute atomic E-state index is 0.153. The molecule has 1 aliphatic heterocycles. The number of nitrogens with one attached hydrogen (secondary N) is 1. The quantitative estimate of drug-likeness (QED) is 0.769. The Balaban J connectivity index is 1.69. The summed E-state index contributed by atoms with van der Waals surface area (Å²) in [6.45, 7) is 5.33. The Morgan fingerprint density at radius 3 is 2.88 bits per heavy atom. The largest absolute Gasteiger partial charge is 0.314 e. The second kappa shape index (κ2) is 6.47. The Hall–Kier alpha value is -1.26. The van der Waals surface area contributed by atoms with Crippen LogP contribution in [0.15, 0.2) is 24.4 Å². The maximum Gasteiger partial charge on any atom is 0.181 e. The average molecular weight is 233 g/mol. The summed E-state index contributed by atoms with van der Waals surface area (Å²) in [6, 6.07) is 5.47. The SMILES string of the molecule is O=C(CCCN1CCNCC1)c1ccccn1. The number of hydrogen-bond acceptors (Lipinski definition) is 4. The molecule has 0 aliphatic carbocycles. The van der Waals surface area contributed by atoms with Crippen LogP contribution in [-0.4, -0.2) is 48.4 Å². The third-order valence-electron chi connectivity index (χ3n) is 3.04. The highest BCUT2D eigenvalue weighted by Crippen LogP contribution is 2.03. The normalized spacial score (nSPS) is 16.9. The molecule has 0 spiro atoms. The fourth-order valence-corrected chi connectivity index (χ4v) is 2.05. The molecule has 92 valence electrons. The van der Waals surface area contributed by atoms with E-state index >= 15 is 0 Å². The minimum Gasteiger partial charge on any atom is -0.314 e. The number of rotatable bonds is 5. The summed E-state index contributed by atoms with van der Waals surface area (Å²) >= 11 is 0. The van der Waals surface area contributed by atoms with Gasteiger partial charge in [-0.05, 0) is 25.1 Å². The van der Waals surface area contributed by atoms with Gasteiger partial charge in [0.1, 0.15) is 5.69 Å². The first-order valence-corrected chi connectivity index (χ1v) is 6.23. The van der Waals surface area contributed by atoms with Crippen LogP contribution in [-0.2, 0) is 0 Å². The van der Waals surface area contributed by atoms with Gasteiger partial charge in [0, 0.05) is 38.8 Å². The van der Waals surface area contributed by atoms with Gasteiger partial charge in [0.2, 0.25) is 0 Å². The smallest absolute Gasteiger partial charge is 0.181 e. The number of hydrogen-bond donors (Lipinski definition) is 1. The van der Waals surface area contributed by atoms with Crippen LogP contribution >= 0.6 is 0 Å². The first kappa shape index (κ1) is 12.2. The van der Waals surface area contributed by atoms with Crippen LogP contribution in [0.2, 0.25) is 0 Å². The summed E-state index contributed by atoms with van der Waals surface area (Å²) in [6.07, 6.45) is 3.19. The number of ketones is 1. The molecular formula is C13H19N3O. The number of carbonyl (C=O) groups excluding carboxylic acids is 1. The lowest BCUT2D eigenvalue weighted by molar-refractivity contribution is 0.0969. The predicted molar refractivity (Wildman–Crippen MR) is 67.1 cm³/mol. The van der Waals surface area contributed by atoms with Gasteiger partial charge in [0.25, 0.3) is 0 Å². The van der Waals surface area contributed by atoms with E-state index in [-0.39, 0.29) is 5.78 Å². The zero-order valence-corrected chi connectivity index (χ0v) is 10.1. The van der Waals surface area contributed by atoms with E-state index in [9.17, 15) is 4.79 Å². The third kappa shape index (κ3) is 3.91. The summed E-state index contributed by atoms with van der Waals surface area (Å²) in [5.74, 6) is 0.153. The molecule has 2 heterocycles. The van der Waals surface area contributed by atoms with Crippen molar-refractivity contribution in [3.63, 3.8) is 0 Å². The zero-order valence-electron chi connectivity index (χ0n) is 10.1. The van der Waals surface area contributed by atoms with Gasteiger partial charge in [-0.25, -0.2) is 0 Å². The fourth-order valence-electron chi connectivity index (χ4n) is 2.05. The van der Waals surface area contributed by atoms with Gasteiger partial charge in [0.05, 0.1) is 0 Å². The first-order valence-electron chi connectivity index (χ1n) is 6.23. The monoisotopic (exact) mass is 233 g/mol. The van der Waals surface area contributed by atoms with E-state index < -0.39 is 0 Å². The minimum atomic E-state index is 0.153. The first-order chi connectivity index (χ1) is 8.36. The highest BCUT2D eigenvalue weighted by Gasteiger charge is 2.11.